The maximum atomic E-state index is 4.54. The monoisotopic (exact) mass is 287 g/mol. The van der Waals surface area contributed by atoms with Crippen molar-refractivity contribution in [3.05, 3.63) is 30.1 Å². The van der Waals surface area contributed by atoms with Gasteiger partial charge >= 0.3 is 0 Å². The van der Waals surface area contributed by atoms with E-state index in [9.17, 15) is 0 Å². The van der Waals surface area contributed by atoms with Crippen molar-refractivity contribution in [3.63, 3.8) is 0 Å². The molecule has 1 aliphatic carbocycles. The number of rotatable bonds is 3. The van der Waals surface area contributed by atoms with Crippen LogP contribution in [0.4, 0.5) is 0 Å². The van der Waals surface area contributed by atoms with Crippen molar-refractivity contribution >= 4 is 0 Å². The standard InChI is InChI=1S/C18H29N3/c1-3-17(2)14-20-18(10-6-4-7-11-18)15-21(17)13-16-9-5-8-12-19-16/h5,8-9,12,20H,3-4,6-7,10-11,13-15H2,1-2H3. The van der Waals surface area contributed by atoms with Gasteiger partial charge in [0, 0.05) is 36.9 Å². The zero-order valence-electron chi connectivity index (χ0n) is 13.6. The zero-order valence-corrected chi connectivity index (χ0v) is 13.6. The zero-order chi connectivity index (χ0) is 14.8. The summed E-state index contributed by atoms with van der Waals surface area (Å²) in [6.45, 7) is 7.98. The lowest BCUT2D eigenvalue weighted by Gasteiger charge is -2.54. The van der Waals surface area contributed by atoms with Crippen LogP contribution in [0.5, 0.6) is 0 Å². The van der Waals surface area contributed by atoms with Gasteiger partial charge in [0.25, 0.3) is 0 Å². The molecule has 1 aromatic rings. The van der Waals surface area contributed by atoms with Crippen LogP contribution in [0.25, 0.3) is 0 Å². The van der Waals surface area contributed by atoms with Crippen molar-refractivity contribution in [2.45, 2.75) is 70.0 Å². The van der Waals surface area contributed by atoms with E-state index >= 15 is 0 Å². The molecule has 3 heteroatoms. The van der Waals surface area contributed by atoms with Gasteiger partial charge in [0.2, 0.25) is 0 Å². The maximum absolute atomic E-state index is 4.54. The Balaban J connectivity index is 1.78. The van der Waals surface area contributed by atoms with Crippen LogP contribution in [0.15, 0.2) is 24.4 Å². The van der Waals surface area contributed by atoms with Crippen LogP contribution in [0.2, 0.25) is 0 Å². The number of hydrogen-bond acceptors (Lipinski definition) is 3. The van der Waals surface area contributed by atoms with Crippen LogP contribution in [-0.4, -0.2) is 34.1 Å². The molecule has 1 aliphatic heterocycles. The molecule has 0 aromatic carbocycles. The summed E-state index contributed by atoms with van der Waals surface area (Å²) in [7, 11) is 0. The third-order valence-electron chi connectivity index (χ3n) is 5.75. The minimum absolute atomic E-state index is 0.250. The lowest BCUT2D eigenvalue weighted by Crippen LogP contribution is -2.69. The first kappa shape index (κ1) is 15.0. The van der Waals surface area contributed by atoms with Crippen LogP contribution < -0.4 is 5.32 Å². The Morgan fingerprint density at radius 2 is 2.05 bits per heavy atom. The van der Waals surface area contributed by atoms with E-state index in [4.69, 9.17) is 0 Å². The highest BCUT2D eigenvalue weighted by molar-refractivity contribution is 5.09. The molecule has 0 bridgehead atoms. The number of nitrogens with zero attached hydrogens (tertiary/aromatic N) is 2. The molecule has 1 atom stereocenters. The van der Waals surface area contributed by atoms with Gasteiger partial charge in [0.1, 0.15) is 0 Å². The minimum atomic E-state index is 0.250. The molecular weight excluding hydrogens is 258 g/mol. The Labute approximate surface area is 129 Å². The fourth-order valence-electron chi connectivity index (χ4n) is 3.95. The Morgan fingerprint density at radius 3 is 2.71 bits per heavy atom. The number of nitrogens with one attached hydrogen (secondary N) is 1. The number of aromatic nitrogens is 1. The van der Waals surface area contributed by atoms with E-state index in [1.807, 2.05) is 12.3 Å². The quantitative estimate of drug-likeness (QED) is 0.924. The lowest BCUT2D eigenvalue weighted by molar-refractivity contribution is -0.00812. The summed E-state index contributed by atoms with van der Waals surface area (Å²) in [5.41, 5.74) is 1.81. The van der Waals surface area contributed by atoms with E-state index in [0.29, 0.717) is 5.54 Å². The molecule has 0 radical (unpaired) electrons. The van der Waals surface area contributed by atoms with E-state index in [-0.39, 0.29) is 5.54 Å². The third kappa shape index (κ3) is 3.14. The molecule has 2 fully saturated rings. The Morgan fingerprint density at radius 1 is 1.24 bits per heavy atom. The lowest BCUT2D eigenvalue weighted by atomic mass is 9.77. The van der Waals surface area contributed by atoms with Crippen molar-refractivity contribution in [2.75, 3.05) is 13.1 Å². The summed E-state index contributed by atoms with van der Waals surface area (Å²) in [5, 5.41) is 3.93. The fraction of sp³-hybridized carbons (Fsp3) is 0.722. The maximum Gasteiger partial charge on any atom is 0.0544 e. The van der Waals surface area contributed by atoms with Gasteiger partial charge in [-0.15, -0.1) is 0 Å². The number of pyridine rings is 1. The molecule has 3 rings (SSSR count). The highest BCUT2D eigenvalue weighted by Crippen LogP contribution is 2.36. The van der Waals surface area contributed by atoms with Crippen molar-refractivity contribution < 1.29 is 0 Å². The first-order chi connectivity index (χ1) is 10.2. The van der Waals surface area contributed by atoms with Crippen LogP contribution in [0.3, 0.4) is 0 Å². The van der Waals surface area contributed by atoms with Gasteiger partial charge in [-0.3, -0.25) is 9.88 Å². The minimum Gasteiger partial charge on any atom is -0.308 e. The van der Waals surface area contributed by atoms with E-state index in [1.54, 1.807) is 0 Å². The summed E-state index contributed by atoms with van der Waals surface area (Å²) in [4.78, 5) is 7.24. The van der Waals surface area contributed by atoms with Crippen molar-refractivity contribution in [3.8, 4) is 0 Å². The largest absolute Gasteiger partial charge is 0.308 e. The van der Waals surface area contributed by atoms with Gasteiger partial charge < -0.3 is 5.32 Å². The summed E-state index contributed by atoms with van der Waals surface area (Å²) >= 11 is 0. The average molecular weight is 287 g/mol. The smallest absolute Gasteiger partial charge is 0.0544 e. The molecule has 0 amide bonds. The second-order valence-corrected chi connectivity index (χ2v) is 7.22. The molecule has 2 heterocycles. The summed E-state index contributed by atoms with van der Waals surface area (Å²) in [6.07, 6.45) is 9.95. The molecule has 1 saturated carbocycles. The Bertz CT molecular complexity index is 453. The highest BCUT2D eigenvalue weighted by atomic mass is 15.3. The highest BCUT2D eigenvalue weighted by Gasteiger charge is 2.44. The van der Waals surface area contributed by atoms with Crippen LogP contribution in [0, 0.1) is 0 Å². The summed E-state index contributed by atoms with van der Waals surface area (Å²) in [5.74, 6) is 0. The predicted molar refractivity (Wildman–Crippen MR) is 87.2 cm³/mol. The van der Waals surface area contributed by atoms with E-state index in [0.717, 1.165) is 13.1 Å². The SMILES string of the molecule is CCC1(C)CNC2(CCCCC2)CN1Cc1ccccn1. The van der Waals surface area contributed by atoms with Gasteiger partial charge in [-0.25, -0.2) is 0 Å². The summed E-state index contributed by atoms with van der Waals surface area (Å²) < 4.78 is 0. The van der Waals surface area contributed by atoms with Gasteiger partial charge in [-0.05, 0) is 38.3 Å². The van der Waals surface area contributed by atoms with Gasteiger partial charge in [0.05, 0.1) is 5.69 Å². The molecule has 2 aliphatic rings. The fourth-order valence-corrected chi connectivity index (χ4v) is 3.95. The van der Waals surface area contributed by atoms with Gasteiger partial charge in [0.15, 0.2) is 0 Å². The molecule has 1 unspecified atom stereocenters. The molecule has 3 nitrogen and oxygen atoms in total. The Kier molecular flexibility index (Phi) is 4.32. The predicted octanol–water partition coefficient (Wildman–Crippen LogP) is 3.36. The van der Waals surface area contributed by atoms with Crippen LogP contribution in [-0.2, 0) is 6.54 Å². The summed E-state index contributed by atoms with van der Waals surface area (Å²) in [6, 6.07) is 6.26. The number of piperazine rings is 1. The molecule has 1 saturated heterocycles. The normalized spacial score (nSPS) is 29.6. The van der Waals surface area contributed by atoms with Crippen LogP contribution in [0.1, 0.15) is 58.1 Å². The molecule has 1 aromatic heterocycles. The molecular formula is C18H29N3. The molecule has 1 spiro atoms. The molecule has 116 valence electrons. The van der Waals surface area contributed by atoms with Crippen molar-refractivity contribution in [1.29, 1.82) is 0 Å². The van der Waals surface area contributed by atoms with Gasteiger partial charge in [-0.1, -0.05) is 32.3 Å². The van der Waals surface area contributed by atoms with E-state index in [2.05, 4.69) is 41.2 Å². The number of hydrogen-bond donors (Lipinski definition) is 1. The molecule has 21 heavy (non-hydrogen) atoms. The van der Waals surface area contributed by atoms with Crippen LogP contribution >= 0.6 is 0 Å². The van der Waals surface area contributed by atoms with E-state index in [1.165, 1.54) is 50.8 Å². The molecule has 1 N–H and O–H groups in total. The Hall–Kier alpha value is -0.930. The first-order valence-corrected chi connectivity index (χ1v) is 8.56. The van der Waals surface area contributed by atoms with Crippen molar-refractivity contribution in [1.82, 2.24) is 15.2 Å². The second kappa shape index (κ2) is 6.05. The average Bonchev–Trinajstić information content (AvgIpc) is 2.53. The topological polar surface area (TPSA) is 28.2 Å². The van der Waals surface area contributed by atoms with Gasteiger partial charge in [-0.2, -0.15) is 0 Å². The van der Waals surface area contributed by atoms with Crippen molar-refractivity contribution in [2.24, 2.45) is 0 Å². The van der Waals surface area contributed by atoms with E-state index < -0.39 is 0 Å². The second-order valence-electron chi connectivity index (χ2n) is 7.22. The third-order valence-corrected chi connectivity index (χ3v) is 5.75. The first-order valence-electron chi connectivity index (χ1n) is 8.56.